The van der Waals surface area contributed by atoms with E-state index in [9.17, 15) is 9.50 Å². The first kappa shape index (κ1) is 22.1. The maximum atomic E-state index is 13.9. The number of halogens is 1. The summed E-state index contributed by atoms with van der Waals surface area (Å²) in [5, 5.41) is 17.3. The third kappa shape index (κ3) is 5.31. The van der Waals surface area contributed by atoms with Crippen molar-refractivity contribution in [1.82, 2.24) is 10.6 Å². The molecule has 0 spiro atoms. The Balaban J connectivity index is 1.65. The average molecular weight is 419 g/mol. The predicted molar refractivity (Wildman–Crippen MR) is 112 cm³/mol. The molecule has 0 radical (unpaired) electrons. The van der Waals surface area contributed by atoms with E-state index in [1.165, 1.54) is 12.1 Å². The number of aliphatic imine (C=N–C) groups is 1. The molecular formula is C22H30FN3O4. The number of fused-ring (bicyclic) bond motifs is 1. The van der Waals surface area contributed by atoms with Gasteiger partial charge in [0.1, 0.15) is 28.7 Å². The number of aryl methyl sites for hydroxylation is 2. The fraction of sp³-hybridized carbons (Fsp3) is 0.500. The van der Waals surface area contributed by atoms with Crippen molar-refractivity contribution < 1.29 is 23.4 Å². The quantitative estimate of drug-likeness (QED) is 0.473. The van der Waals surface area contributed by atoms with Crippen LogP contribution in [0, 0.1) is 19.7 Å². The zero-order chi connectivity index (χ0) is 21.7. The van der Waals surface area contributed by atoms with E-state index < -0.39 is 5.60 Å². The Labute approximate surface area is 176 Å². The van der Waals surface area contributed by atoms with E-state index >= 15 is 0 Å². The van der Waals surface area contributed by atoms with Crippen LogP contribution in [0.3, 0.4) is 0 Å². The summed E-state index contributed by atoms with van der Waals surface area (Å²) in [4.78, 5) is 4.53. The van der Waals surface area contributed by atoms with E-state index in [1.807, 2.05) is 26.8 Å². The molecule has 0 bridgehead atoms. The van der Waals surface area contributed by atoms with Crippen LogP contribution in [0.1, 0.15) is 42.1 Å². The summed E-state index contributed by atoms with van der Waals surface area (Å²) in [7, 11) is 0. The molecule has 0 amide bonds. The van der Waals surface area contributed by atoms with Crippen LogP contribution in [0.5, 0.6) is 5.75 Å². The maximum Gasteiger partial charge on any atom is 0.191 e. The average Bonchev–Trinajstić information content (AvgIpc) is 3.05. The van der Waals surface area contributed by atoms with Crippen LogP contribution in [0.4, 0.5) is 4.39 Å². The lowest BCUT2D eigenvalue weighted by atomic mass is 9.96. The van der Waals surface area contributed by atoms with Crippen LogP contribution in [0.2, 0.25) is 0 Å². The number of benzene rings is 1. The number of aliphatic hydroxyl groups is 1. The molecule has 1 aliphatic rings. The van der Waals surface area contributed by atoms with Crippen molar-refractivity contribution in [2.45, 2.75) is 46.3 Å². The summed E-state index contributed by atoms with van der Waals surface area (Å²) < 4.78 is 30.2. The molecule has 1 aliphatic heterocycles. The van der Waals surface area contributed by atoms with Gasteiger partial charge >= 0.3 is 0 Å². The second kappa shape index (κ2) is 9.49. The molecule has 164 valence electrons. The molecule has 1 aromatic carbocycles. The number of ether oxygens (including phenoxy) is 2. The highest BCUT2D eigenvalue weighted by atomic mass is 19.1. The molecule has 8 heteroatoms. The van der Waals surface area contributed by atoms with Crippen LogP contribution in [0.25, 0.3) is 0 Å². The van der Waals surface area contributed by atoms with Crippen molar-refractivity contribution in [2.75, 3.05) is 26.4 Å². The van der Waals surface area contributed by atoms with E-state index in [4.69, 9.17) is 13.9 Å². The predicted octanol–water partition coefficient (Wildman–Crippen LogP) is 2.91. The van der Waals surface area contributed by atoms with E-state index in [2.05, 4.69) is 15.6 Å². The molecule has 30 heavy (non-hydrogen) atoms. The lowest BCUT2D eigenvalue weighted by molar-refractivity contribution is -0.0172. The first-order valence-corrected chi connectivity index (χ1v) is 10.1. The molecule has 0 aliphatic carbocycles. The topological polar surface area (TPSA) is 88.3 Å². The lowest BCUT2D eigenvalue weighted by Gasteiger charge is -2.22. The molecule has 3 rings (SSSR count). The number of nitrogens with zero attached hydrogens (tertiary/aromatic N) is 1. The largest absolute Gasteiger partial charge is 0.467 e. The van der Waals surface area contributed by atoms with E-state index in [1.54, 1.807) is 6.92 Å². The highest BCUT2D eigenvalue weighted by molar-refractivity contribution is 5.79. The molecule has 1 atom stereocenters. The minimum absolute atomic E-state index is 0.165. The third-order valence-corrected chi connectivity index (χ3v) is 4.95. The van der Waals surface area contributed by atoms with Gasteiger partial charge in [-0.2, -0.15) is 0 Å². The third-order valence-electron chi connectivity index (χ3n) is 4.95. The van der Waals surface area contributed by atoms with Crippen LogP contribution >= 0.6 is 0 Å². The molecule has 0 saturated heterocycles. The van der Waals surface area contributed by atoms with E-state index in [0.29, 0.717) is 43.6 Å². The first-order chi connectivity index (χ1) is 14.3. The SMILES string of the molecule is CCNC(=NCC(C)(O)c1cc(C)oc1C)NCCc1cc(F)cc2c1OCOC2. The summed E-state index contributed by atoms with van der Waals surface area (Å²) >= 11 is 0. The highest BCUT2D eigenvalue weighted by Gasteiger charge is 2.27. The fourth-order valence-electron chi connectivity index (χ4n) is 3.58. The number of furan rings is 1. The molecule has 0 saturated carbocycles. The number of hydrogen-bond acceptors (Lipinski definition) is 5. The minimum Gasteiger partial charge on any atom is -0.467 e. The summed E-state index contributed by atoms with van der Waals surface area (Å²) in [5.41, 5.74) is 1.08. The van der Waals surface area contributed by atoms with Gasteiger partial charge in [-0.05, 0) is 57.9 Å². The molecule has 0 fully saturated rings. The standard InChI is InChI=1S/C22H30FN3O4/c1-5-24-21(26-12-22(4,27)19-8-14(2)30-15(19)3)25-7-6-16-9-18(23)10-17-11-28-13-29-20(16)17/h8-10,27H,5-7,11-13H2,1-4H3,(H2,24,25,26). The number of nitrogens with one attached hydrogen (secondary N) is 2. The van der Waals surface area contributed by atoms with Gasteiger partial charge in [0.25, 0.3) is 0 Å². The van der Waals surface area contributed by atoms with Crippen molar-refractivity contribution in [3.8, 4) is 5.75 Å². The van der Waals surface area contributed by atoms with Gasteiger partial charge in [0, 0.05) is 24.2 Å². The Morgan fingerprint density at radius 3 is 2.77 bits per heavy atom. The second-order valence-electron chi connectivity index (χ2n) is 7.64. The normalized spacial score (nSPS) is 15.9. The van der Waals surface area contributed by atoms with Crippen molar-refractivity contribution >= 4 is 5.96 Å². The molecular weight excluding hydrogens is 389 g/mol. The van der Waals surface area contributed by atoms with Gasteiger partial charge < -0.3 is 29.6 Å². The van der Waals surface area contributed by atoms with Gasteiger partial charge in [-0.3, -0.25) is 0 Å². The van der Waals surface area contributed by atoms with Gasteiger partial charge in [0.05, 0.1) is 13.2 Å². The molecule has 7 nitrogen and oxygen atoms in total. The molecule has 1 unspecified atom stereocenters. The summed E-state index contributed by atoms with van der Waals surface area (Å²) in [6.07, 6.45) is 0.556. The second-order valence-corrected chi connectivity index (χ2v) is 7.64. The Morgan fingerprint density at radius 1 is 1.27 bits per heavy atom. The first-order valence-electron chi connectivity index (χ1n) is 10.1. The van der Waals surface area contributed by atoms with Crippen molar-refractivity contribution in [3.63, 3.8) is 0 Å². The number of rotatable bonds is 7. The summed E-state index contributed by atoms with van der Waals surface area (Å²) in [6, 6.07) is 4.77. The van der Waals surface area contributed by atoms with Gasteiger partial charge in [-0.1, -0.05) is 0 Å². The van der Waals surface area contributed by atoms with E-state index in [0.717, 1.165) is 22.5 Å². The van der Waals surface area contributed by atoms with Crippen LogP contribution in [-0.4, -0.2) is 37.5 Å². The van der Waals surface area contributed by atoms with Gasteiger partial charge in [0.2, 0.25) is 0 Å². The fourth-order valence-corrected chi connectivity index (χ4v) is 3.58. The van der Waals surface area contributed by atoms with Crippen molar-refractivity contribution in [3.05, 3.63) is 52.2 Å². The zero-order valence-electron chi connectivity index (χ0n) is 18.0. The lowest BCUT2D eigenvalue weighted by Crippen LogP contribution is -2.39. The zero-order valence-corrected chi connectivity index (χ0v) is 18.0. The smallest absolute Gasteiger partial charge is 0.191 e. The molecule has 3 N–H and O–H groups in total. The number of guanidine groups is 1. The maximum absolute atomic E-state index is 13.9. The summed E-state index contributed by atoms with van der Waals surface area (Å²) in [5.74, 6) is 2.40. The van der Waals surface area contributed by atoms with Gasteiger partial charge in [-0.25, -0.2) is 9.38 Å². The van der Waals surface area contributed by atoms with Gasteiger partial charge in [-0.15, -0.1) is 0 Å². The Hall–Kier alpha value is -2.58. The van der Waals surface area contributed by atoms with Crippen molar-refractivity contribution in [2.24, 2.45) is 4.99 Å². The minimum atomic E-state index is -1.15. The Morgan fingerprint density at radius 2 is 2.07 bits per heavy atom. The Kier molecular flexibility index (Phi) is 6.99. The van der Waals surface area contributed by atoms with Gasteiger partial charge in [0.15, 0.2) is 12.8 Å². The molecule has 2 aromatic rings. The van der Waals surface area contributed by atoms with Crippen molar-refractivity contribution in [1.29, 1.82) is 0 Å². The highest BCUT2D eigenvalue weighted by Crippen LogP contribution is 2.30. The van der Waals surface area contributed by atoms with E-state index in [-0.39, 0.29) is 19.2 Å². The Bertz CT molecular complexity index is 908. The van der Waals surface area contributed by atoms with Crippen LogP contribution < -0.4 is 15.4 Å². The molecule has 2 heterocycles. The molecule has 1 aromatic heterocycles. The number of hydrogen-bond donors (Lipinski definition) is 3. The summed E-state index contributed by atoms with van der Waals surface area (Å²) in [6.45, 7) is 9.25. The van der Waals surface area contributed by atoms with Crippen LogP contribution in [0.15, 0.2) is 27.6 Å². The monoisotopic (exact) mass is 419 g/mol. The van der Waals surface area contributed by atoms with Crippen LogP contribution in [-0.2, 0) is 23.4 Å².